The molecule has 3 rings (SSSR count). The summed E-state index contributed by atoms with van der Waals surface area (Å²) in [6, 6.07) is 19.2. The Morgan fingerprint density at radius 1 is 0.879 bits per heavy atom. The third kappa shape index (κ3) is 7.80. The molecule has 0 aliphatic carbocycles. The van der Waals surface area contributed by atoms with E-state index in [9.17, 15) is 9.59 Å². The Hall–Kier alpha value is -2.49. The lowest BCUT2D eigenvalue weighted by molar-refractivity contribution is -0.144. The van der Waals surface area contributed by atoms with Crippen molar-refractivity contribution in [3.05, 3.63) is 87.9 Å². The Morgan fingerprint density at radius 3 is 2.27 bits per heavy atom. The minimum Gasteiger partial charge on any atom is -0.461 e. The van der Waals surface area contributed by atoms with Gasteiger partial charge in [0, 0.05) is 10.1 Å². The molecule has 0 amide bonds. The number of para-hydroxylation sites is 2. The summed E-state index contributed by atoms with van der Waals surface area (Å²) >= 11 is 14.6. The zero-order valence-electron chi connectivity index (χ0n) is 17.4. The third-order valence-corrected chi connectivity index (χ3v) is 5.47. The first-order chi connectivity index (χ1) is 16.0. The molecule has 3 aromatic carbocycles. The van der Waals surface area contributed by atoms with Gasteiger partial charge in [0.1, 0.15) is 19.0 Å². The topological polar surface area (TPSA) is 73.9 Å². The maximum atomic E-state index is 12.4. The van der Waals surface area contributed by atoms with Gasteiger partial charge in [-0.2, -0.15) is 0 Å². The number of rotatable bonds is 9. The van der Waals surface area contributed by atoms with E-state index in [4.69, 9.17) is 37.4 Å². The third-order valence-electron chi connectivity index (χ3n) is 4.40. The Bertz CT molecular complexity index is 1090. The number of benzene rings is 3. The zero-order chi connectivity index (χ0) is 23.6. The van der Waals surface area contributed by atoms with Crippen molar-refractivity contribution in [2.24, 2.45) is 0 Å². The van der Waals surface area contributed by atoms with Crippen LogP contribution in [0.25, 0.3) is 0 Å². The van der Waals surface area contributed by atoms with Crippen LogP contribution in [0.2, 0.25) is 10.0 Å². The van der Waals surface area contributed by atoms with Crippen LogP contribution in [-0.2, 0) is 27.3 Å². The monoisotopic (exact) mass is 599 g/mol. The molecule has 6 nitrogen and oxygen atoms in total. The molecule has 172 valence electrons. The van der Waals surface area contributed by atoms with Gasteiger partial charge in [-0.25, -0.2) is 4.79 Å². The van der Waals surface area contributed by atoms with Crippen molar-refractivity contribution < 1.29 is 23.8 Å². The van der Waals surface area contributed by atoms with Gasteiger partial charge < -0.3 is 19.5 Å². The molecule has 9 heteroatoms. The molecule has 0 aliphatic heterocycles. The highest BCUT2D eigenvalue weighted by molar-refractivity contribution is 14.1. The fraction of sp³-hybridized carbons (Fsp3) is 0.167. The summed E-state index contributed by atoms with van der Waals surface area (Å²) in [5.41, 5.74) is 2.78. The zero-order valence-corrected chi connectivity index (χ0v) is 21.0. The summed E-state index contributed by atoms with van der Waals surface area (Å²) in [5, 5.41) is 4.15. The van der Waals surface area contributed by atoms with Crippen LogP contribution in [0.1, 0.15) is 11.1 Å². The molecule has 0 unspecified atom stereocenters. The van der Waals surface area contributed by atoms with Crippen LogP contribution in [-0.4, -0.2) is 23.2 Å². The fourth-order valence-electron chi connectivity index (χ4n) is 2.82. The van der Waals surface area contributed by atoms with E-state index in [1.165, 1.54) is 0 Å². The summed E-state index contributed by atoms with van der Waals surface area (Å²) in [6.45, 7) is 0.377. The molecule has 0 saturated carbocycles. The van der Waals surface area contributed by atoms with Crippen molar-refractivity contribution in [1.82, 2.24) is 0 Å². The second kappa shape index (κ2) is 12.7. The van der Waals surface area contributed by atoms with Gasteiger partial charge in [0.2, 0.25) is 0 Å². The molecular weight excluding hydrogens is 580 g/mol. The number of hydrogen-bond donors (Lipinski definition) is 1. The van der Waals surface area contributed by atoms with Crippen molar-refractivity contribution in [3.63, 3.8) is 0 Å². The van der Waals surface area contributed by atoms with Gasteiger partial charge in [-0.05, 0) is 41.5 Å². The fourth-order valence-corrected chi connectivity index (χ4v) is 3.53. The molecule has 0 bridgehead atoms. The standard InChI is InChI=1S/C24H20Cl2INO5/c25-19-5-3-6-20(26)23(19)28-21-7-2-1-4-17(21)14-22(29)32-15-16-8-10-18(11-9-16)33-24(30)31-13-12-27/h1-11,28H,12-15H2. The molecule has 0 spiro atoms. The summed E-state index contributed by atoms with van der Waals surface area (Å²) in [4.78, 5) is 23.9. The number of hydrogen-bond acceptors (Lipinski definition) is 6. The first-order valence-electron chi connectivity index (χ1n) is 9.90. The van der Waals surface area contributed by atoms with Crippen LogP contribution in [0.3, 0.4) is 0 Å². The minimum absolute atomic E-state index is 0.0646. The van der Waals surface area contributed by atoms with E-state index in [1.807, 2.05) is 24.3 Å². The van der Waals surface area contributed by atoms with Crippen molar-refractivity contribution in [2.75, 3.05) is 16.4 Å². The molecule has 33 heavy (non-hydrogen) atoms. The smallest absolute Gasteiger partial charge is 0.461 e. The van der Waals surface area contributed by atoms with Gasteiger partial charge >= 0.3 is 12.1 Å². The maximum absolute atomic E-state index is 12.4. The molecule has 0 atom stereocenters. The highest BCUT2D eigenvalue weighted by Gasteiger charge is 2.13. The second-order valence-electron chi connectivity index (χ2n) is 6.75. The second-order valence-corrected chi connectivity index (χ2v) is 8.64. The van der Waals surface area contributed by atoms with Crippen LogP contribution in [0.4, 0.5) is 16.2 Å². The highest BCUT2D eigenvalue weighted by atomic mass is 127. The lowest BCUT2D eigenvalue weighted by atomic mass is 10.1. The van der Waals surface area contributed by atoms with Gasteiger partial charge in [0.05, 0.1) is 22.2 Å². The van der Waals surface area contributed by atoms with E-state index in [0.29, 0.717) is 31.6 Å². The Morgan fingerprint density at radius 2 is 1.58 bits per heavy atom. The van der Waals surface area contributed by atoms with E-state index < -0.39 is 12.1 Å². The number of ether oxygens (including phenoxy) is 3. The summed E-state index contributed by atoms with van der Waals surface area (Å²) in [7, 11) is 0. The van der Waals surface area contributed by atoms with E-state index in [1.54, 1.807) is 42.5 Å². The van der Waals surface area contributed by atoms with Crippen molar-refractivity contribution in [2.45, 2.75) is 13.0 Å². The van der Waals surface area contributed by atoms with Gasteiger partial charge in [-0.3, -0.25) is 4.79 Å². The predicted molar refractivity (Wildman–Crippen MR) is 137 cm³/mol. The maximum Gasteiger partial charge on any atom is 0.513 e. The Balaban J connectivity index is 1.56. The lowest BCUT2D eigenvalue weighted by Crippen LogP contribution is -2.12. The lowest BCUT2D eigenvalue weighted by Gasteiger charge is -2.14. The van der Waals surface area contributed by atoms with Crippen LogP contribution in [0, 0.1) is 0 Å². The van der Waals surface area contributed by atoms with Crippen molar-refractivity contribution in [1.29, 1.82) is 0 Å². The summed E-state index contributed by atoms with van der Waals surface area (Å²) < 4.78 is 16.0. The highest BCUT2D eigenvalue weighted by Crippen LogP contribution is 2.33. The molecule has 0 radical (unpaired) electrons. The van der Waals surface area contributed by atoms with E-state index in [2.05, 4.69) is 27.9 Å². The first-order valence-corrected chi connectivity index (χ1v) is 12.2. The number of alkyl halides is 1. The normalized spacial score (nSPS) is 10.4. The molecular formula is C24H20Cl2INO5. The van der Waals surface area contributed by atoms with E-state index in [0.717, 1.165) is 11.1 Å². The summed E-state index contributed by atoms with van der Waals surface area (Å²) in [6.07, 6.45) is -0.689. The number of esters is 1. The van der Waals surface area contributed by atoms with Crippen LogP contribution in [0.5, 0.6) is 5.75 Å². The molecule has 0 aliphatic rings. The largest absolute Gasteiger partial charge is 0.513 e. The number of carbonyl (C=O) groups excluding carboxylic acids is 2. The van der Waals surface area contributed by atoms with Gasteiger partial charge in [0.25, 0.3) is 0 Å². The molecule has 0 saturated heterocycles. The average Bonchev–Trinajstić information content (AvgIpc) is 2.81. The number of carbonyl (C=O) groups is 2. The molecule has 0 heterocycles. The molecule has 1 N–H and O–H groups in total. The van der Waals surface area contributed by atoms with Crippen molar-refractivity contribution in [3.8, 4) is 5.75 Å². The molecule has 0 fully saturated rings. The average molecular weight is 600 g/mol. The van der Waals surface area contributed by atoms with E-state index in [-0.39, 0.29) is 19.6 Å². The number of halogens is 3. The molecule has 3 aromatic rings. The Kier molecular flexibility index (Phi) is 9.65. The van der Waals surface area contributed by atoms with Crippen LogP contribution in [0.15, 0.2) is 66.7 Å². The van der Waals surface area contributed by atoms with Crippen molar-refractivity contribution >= 4 is 69.3 Å². The SMILES string of the molecule is O=C(Cc1ccccc1Nc1c(Cl)cccc1Cl)OCc1ccc(OC(=O)OCCI)cc1. The van der Waals surface area contributed by atoms with Gasteiger partial charge in [0.15, 0.2) is 0 Å². The van der Waals surface area contributed by atoms with Gasteiger partial charge in [-0.1, -0.05) is 82.2 Å². The van der Waals surface area contributed by atoms with Crippen LogP contribution >= 0.6 is 45.8 Å². The minimum atomic E-state index is -0.754. The quantitative estimate of drug-likeness (QED) is 0.124. The van der Waals surface area contributed by atoms with Crippen LogP contribution < -0.4 is 10.1 Å². The van der Waals surface area contributed by atoms with E-state index >= 15 is 0 Å². The van der Waals surface area contributed by atoms with Gasteiger partial charge in [-0.15, -0.1) is 0 Å². The molecule has 0 aromatic heterocycles. The summed E-state index contributed by atoms with van der Waals surface area (Å²) in [5.74, 6) is -0.0426. The first kappa shape index (κ1) is 25.1. The number of anilines is 2. The Labute approximate surface area is 215 Å². The predicted octanol–water partition coefficient (Wildman–Crippen LogP) is 6.97. The number of nitrogens with one attached hydrogen (secondary N) is 1.